The molecule has 0 aliphatic rings. The third-order valence-corrected chi connectivity index (χ3v) is 12.3. The molecular weight excluding hydrogens is 853 g/mol. The van der Waals surface area contributed by atoms with Crippen LogP contribution in [0.3, 0.4) is 0 Å². The molecule has 0 bridgehead atoms. The van der Waals surface area contributed by atoms with Gasteiger partial charge in [0, 0.05) is 19.3 Å². The van der Waals surface area contributed by atoms with Gasteiger partial charge in [0.25, 0.3) is 0 Å². The number of hydrogen-bond donors (Lipinski definition) is 0. The molecule has 0 saturated carbocycles. The zero-order valence-electron chi connectivity index (χ0n) is 45.3. The molecule has 0 aliphatic carbocycles. The molecular formula is C63H108O6. The van der Waals surface area contributed by atoms with Crippen LogP contribution in [-0.2, 0) is 28.6 Å². The fourth-order valence-electron chi connectivity index (χ4n) is 7.92. The quantitative estimate of drug-likeness (QED) is 0.0262. The first-order chi connectivity index (χ1) is 34.0. The van der Waals surface area contributed by atoms with Crippen LogP contribution >= 0.6 is 0 Å². The maximum Gasteiger partial charge on any atom is 0.306 e. The summed E-state index contributed by atoms with van der Waals surface area (Å²) >= 11 is 0. The third kappa shape index (κ3) is 55.4. The zero-order valence-corrected chi connectivity index (χ0v) is 45.3. The molecule has 6 nitrogen and oxygen atoms in total. The van der Waals surface area contributed by atoms with Gasteiger partial charge in [0.1, 0.15) is 13.2 Å². The van der Waals surface area contributed by atoms with Gasteiger partial charge >= 0.3 is 17.9 Å². The summed E-state index contributed by atoms with van der Waals surface area (Å²) in [6.45, 7) is 6.55. The largest absolute Gasteiger partial charge is 0.462 e. The number of hydrogen-bond acceptors (Lipinski definition) is 6. The number of ether oxygens (including phenoxy) is 3. The number of rotatable bonds is 52. The minimum atomic E-state index is -0.799. The van der Waals surface area contributed by atoms with Crippen molar-refractivity contribution in [1.29, 1.82) is 0 Å². The summed E-state index contributed by atoms with van der Waals surface area (Å²) in [5, 5.41) is 0. The van der Waals surface area contributed by atoms with Crippen molar-refractivity contribution in [2.45, 2.75) is 284 Å². The highest BCUT2D eigenvalue weighted by Gasteiger charge is 2.19. The minimum Gasteiger partial charge on any atom is -0.462 e. The Morgan fingerprint density at radius 2 is 0.522 bits per heavy atom. The number of carbonyl (C=O) groups is 3. The molecule has 1 atom stereocenters. The van der Waals surface area contributed by atoms with Gasteiger partial charge in [-0.25, -0.2) is 0 Å². The first kappa shape index (κ1) is 65.6. The van der Waals surface area contributed by atoms with Gasteiger partial charge in [-0.2, -0.15) is 0 Å². The molecule has 69 heavy (non-hydrogen) atoms. The van der Waals surface area contributed by atoms with Crippen molar-refractivity contribution >= 4 is 17.9 Å². The molecule has 6 heteroatoms. The molecule has 0 amide bonds. The van der Waals surface area contributed by atoms with E-state index in [0.717, 1.165) is 96.3 Å². The van der Waals surface area contributed by atoms with E-state index in [4.69, 9.17) is 14.2 Å². The van der Waals surface area contributed by atoms with Crippen molar-refractivity contribution < 1.29 is 28.6 Å². The fraction of sp³-hybridized carbons (Fsp3) is 0.730. The topological polar surface area (TPSA) is 78.9 Å². The van der Waals surface area contributed by atoms with Crippen LogP contribution in [0.5, 0.6) is 0 Å². The highest BCUT2D eigenvalue weighted by atomic mass is 16.6. The summed E-state index contributed by atoms with van der Waals surface area (Å²) in [5.74, 6) is -0.932. The van der Waals surface area contributed by atoms with Crippen LogP contribution in [0, 0.1) is 0 Å². The summed E-state index contributed by atoms with van der Waals surface area (Å²) in [6.07, 6.45) is 74.2. The molecule has 0 saturated heterocycles. The predicted octanol–water partition coefficient (Wildman–Crippen LogP) is 19.5. The van der Waals surface area contributed by atoms with Gasteiger partial charge in [0.05, 0.1) is 0 Å². The van der Waals surface area contributed by atoms with Crippen molar-refractivity contribution in [2.75, 3.05) is 13.2 Å². The van der Waals surface area contributed by atoms with Gasteiger partial charge in [0.2, 0.25) is 0 Å². The molecule has 0 heterocycles. The van der Waals surface area contributed by atoms with E-state index < -0.39 is 6.10 Å². The van der Waals surface area contributed by atoms with E-state index in [1.54, 1.807) is 0 Å². The zero-order chi connectivity index (χ0) is 50.0. The average molecular weight is 962 g/mol. The maximum atomic E-state index is 12.9. The number of esters is 3. The molecule has 0 aliphatic heterocycles. The summed E-state index contributed by atoms with van der Waals surface area (Å²) in [7, 11) is 0. The highest BCUT2D eigenvalue weighted by Crippen LogP contribution is 2.14. The van der Waals surface area contributed by atoms with Crippen molar-refractivity contribution in [2.24, 2.45) is 0 Å². The molecule has 0 fully saturated rings. The van der Waals surface area contributed by atoms with Crippen LogP contribution in [0.1, 0.15) is 278 Å². The van der Waals surface area contributed by atoms with E-state index in [1.165, 1.54) is 141 Å². The molecule has 0 aromatic carbocycles. The Morgan fingerprint density at radius 3 is 0.870 bits per heavy atom. The second-order valence-corrected chi connectivity index (χ2v) is 19.2. The number of unbranched alkanes of at least 4 members (excludes halogenated alkanes) is 27. The highest BCUT2D eigenvalue weighted by molar-refractivity contribution is 5.71. The average Bonchev–Trinajstić information content (AvgIpc) is 3.35. The number of allylic oxidation sites excluding steroid dienone is 14. The van der Waals surface area contributed by atoms with Crippen LogP contribution in [0.15, 0.2) is 85.1 Å². The molecule has 0 rings (SSSR count). The molecule has 0 radical (unpaired) electrons. The van der Waals surface area contributed by atoms with Gasteiger partial charge in [-0.1, -0.05) is 221 Å². The Hall–Kier alpha value is -3.41. The Bertz CT molecular complexity index is 1330. The fourth-order valence-corrected chi connectivity index (χ4v) is 7.92. The monoisotopic (exact) mass is 961 g/mol. The van der Waals surface area contributed by atoms with E-state index >= 15 is 0 Å². The van der Waals surface area contributed by atoms with Gasteiger partial charge in [-0.3, -0.25) is 14.4 Å². The molecule has 0 spiro atoms. The Labute approximate surface area is 426 Å². The molecule has 0 unspecified atom stereocenters. The van der Waals surface area contributed by atoms with Crippen molar-refractivity contribution in [1.82, 2.24) is 0 Å². The van der Waals surface area contributed by atoms with Gasteiger partial charge in [0.15, 0.2) is 6.10 Å². The summed E-state index contributed by atoms with van der Waals surface area (Å²) in [5.41, 5.74) is 0. The van der Waals surface area contributed by atoms with Gasteiger partial charge in [-0.05, 0) is 122 Å². The van der Waals surface area contributed by atoms with E-state index in [-0.39, 0.29) is 37.5 Å². The lowest BCUT2D eigenvalue weighted by atomic mass is 10.1. The van der Waals surface area contributed by atoms with E-state index in [1.807, 2.05) is 0 Å². The van der Waals surface area contributed by atoms with Crippen LogP contribution < -0.4 is 0 Å². The first-order valence-corrected chi connectivity index (χ1v) is 29.1. The summed E-state index contributed by atoms with van der Waals surface area (Å²) < 4.78 is 16.8. The van der Waals surface area contributed by atoms with E-state index in [2.05, 4.69) is 106 Å². The minimum absolute atomic E-state index is 0.0942. The lowest BCUT2D eigenvalue weighted by Gasteiger charge is -2.18. The predicted molar refractivity (Wildman–Crippen MR) is 297 cm³/mol. The smallest absolute Gasteiger partial charge is 0.306 e. The van der Waals surface area contributed by atoms with Gasteiger partial charge < -0.3 is 14.2 Å². The number of carbonyl (C=O) groups excluding carboxylic acids is 3. The standard InChI is InChI=1S/C63H108O6/c1-4-7-10-13-16-19-22-25-28-30-31-33-36-39-42-45-48-51-54-57-63(66)69-60(58-67-61(64)55-52-49-46-43-40-37-34-27-24-21-18-15-12-9-6-3)59-68-62(65)56-53-50-47-44-41-38-35-32-29-26-23-20-17-14-11-8-5-2/h16-17,19-21,24-26,28-29,31,33,39,42,60H,4-15,18,22-23,27,30,32,34-38,40-41,43-59H2,1-3H3/b19-16-,20-17-,24-21-,28-25-,29-26-,33-31-,42-39-/t60-/m0/s1. The SMILES string of the molecule is CCCCC/C=C\C/C=C\C/C=C\C/C=C\CCCCCC(=O)O[C@H](COC(=O)CCCCCCCCC/C=C\C/C=C\CCCCC)COC(=O)CCCCCCCCC/C=C\CCCCCC. The lowest BCUT2D eigenvalue weighted by Crippen LogP contribution is -2.30. The summed E-state index contributed by atoms with van der Waals surface area (Å²) in [4.78, 5) is 38.2. The Balaban J connectivity index is 4.47. The van der Waals surface area contributed by atoms with Crippen LogP contribution in [0.25, 0.3) is 0 Å². The Morgan fingerprint density at radius 1 is 0.290 bits per heavy atom. The van der Waals surface area contributed by atoms with Crippen molar-refractivity contribution in [3.05, 3.63) is 85.1 Å². The normalized spacial score (nSPS) is 12.7. The second kappa shape index (κ2) is 57.2. The summed E-state index contributed by atoms with van der Waals surface area (Å²) in [6, 6.07) is 0. The van der Waals surface area contributed by atoms with Crippen molar-refractivity contribution in [3.8, 4) is 0 Å². The molecule has 0 aromatic rings. The molecule has 396 valence electrons. The van der Waals surface area contributed by atoms with Crippen LogP contribution in [-0.4, -0.2) is 37.2 Å². The van der Waals surface area contributed by atoms with Crippen molar-refractivity contribution in [3.63, 3.8) is 0 Å². The lowest BCUT2D eigenvalue weighted by molar-refractivity contribution is -0.167. The first-order valence-electron chi connectivity index (χ1n) is 29.1. The van der Waals surface area contributed by atoms with E-state index in [9.17, 15) is 14.4 Å². The third-order valence-electron chi connectivity index (χ3n) is 12.3. The maximum absolute atomic E-state index is 12.9. The van der Waals surface area contributed by atoms with E-state index in [0.29, 0.717) is 12.8 Å². The van der Waals surface area contributed by atoms with Crippen LogP contribution in [0.4, 0.5) is 0 Å². The molecule has 0 N–H and O–H groups in total. The second-order valence-electron chi connectivity index (χ2n) is 19.2. The van der Waals surface area contributed by atoms with Gasteiger partial charge in [-0.15, -0.1) is 0 Å². The molecule has 0 aromatic heterocycles. The van der Waals surface area contributed by atoms with Crippen LogP contribution in [0.2, 0.25) is 0 Å². The Kier molecular flexibility index (Phi) is 54.3.